The second-order valence-corrected chi connectivity index (χ2v) is 2.00. The van der Waals surface area contributed by atoms with Crippen LogP contribution in [-0.2, 0) is 39.6 Å². The van der Waals surface area contributed by atoms with E-state index in [0.717, 1.165) is 5.52 Å². The zero-order valence-electron chi connectivity index (χ0n) is 5.77. The average molecular weight is 351 g/mol. The van der Waals surface area contributed by atoms with E-state index in [4.69, 9.17) is 0 Å². The molecule has 1 aromatic carbocycles. The van der Waals surface area contributed by atoms with Gasteiger partial charge in [-0.2, -0.15) is 6.20 Å². The van der Waals surface area contributed by atoms with Crippen molar-refractivity contribution >= 4 is 10.9 Å². The summed E-state index contributed by atoms with van der Waals surface area (Å²) < 4.78 is 0. The summed E-state index contributed by atoms with van der Waals surface area (Å²) in [4.78, 5) is 4.12. The van der Waals surface area contributed by atoms with Crippen LogP contribution in [0.1, 0.15) is 0 Å². The number of benzene rings is 1. The Morgan fingerprint density at radius 1 is 1.00 bits per heavy atom. The molecule has 0 saturated carbocycles. The molecule has 0 fully saturated rings. The third-order valence-electron chi connectivity index (χ3n) is 1.40. The first-order chi connectivity index (χ1) is 4.47. The number of hydrogen-bond donors (Lipinski definition) is 0. The van der Waals surface area contributed by atoms with E-state index in [1.54, 1.807) is 0 Å². The van der Waals surface area contributed by atoms with Gasteiger partial charge >= 0.3 is 0 Å². The van der Waals surface area contributed by atoms with Crippen LogP contribution in [0.5, 0.6) is 0 Å². The fourth-order valence-corrected chi connectivity index (χ4v) is 0.944. The largest absolute Gasteiger partial charge is 0.664 e. The van der Waals surface area contributed by atoms with Crippen molar-refractivity contribution in [1.82, 2.24) is 4.98 Å². The molecule has 0 unspecified atom stereocenters. The minimum absolute atomic E-state index is 0. The maximum absolute atomic E-state index is 4.12. The van der Waals surface area contributed by atoms with Crippen molar-refractivity contribution in [3.63, 3.8) is 0 Å². The van der Waals surface area contributed by atoms with Crippen molar-refractivity contribution in [2.45, 2.75) is 0 Å². The number of nitrogens with zero attached hydrogens (tertiary/aromatic N) is 1. The predicted molar refractivity (Wildman–Crippen MR) is 37.3 cm³/mol. The summed E-state index contributed by atoms with van der Waals surface area (Å²) in [5.74, 6) is 0. The van der Waals surface area contributed by atoms with E-state index in [1.807, 2.05) is 30.5 Å². The Balaban J connectivity index is 0.000000500. The predicted octanol–water partition coefficient (Wildman–Crippen LogP) is 1.79. The van der Waals surface area contributed by atoms with Crippen LogP contribution in [0.15, 0.2) is 36.5 Å². The fraction of sp³-hybridized carbons (Fsp3) is 0. The molecule has 0 atom stereocenters. The Hall–Kier alpha value is 0.0327. The molecule has 0 aliphatic heterocycles. The van der Waals surface area contributed by atoms with Crippen LogP contribution in [0.25, 0.3) is 10.9 Å². The summed E-state index contributed by atoms with van der Waals surface area (Å²) in [6.45, 7) is 0. The van der Waals surface area contributed by atoms with Crippen molar-refractivity contribution in [1.29, 1.82) is 0 Å². The molecule has 1 aromatic heterocycles. The van der Waals surface area contributed by atoms with E-state index in [1.165, 1.54) is 5.39 Å². The molecule has 0 bridgehead atoms. The third-order valence-corrected chi connectivity index (χ3v) is 1.40. The molecule has 2 rings (SSSR count). The summed E-state index contributed by atoms with van der Waals surface area (Å²) in [5.41, 5.74) is 1.08. The van der Waals surface area contributed by atoms with Crippen LogP contribution < -0.4 is 4.98 Å². The molecular formula is C8H6NVW-. The Kier molecular flexibility index (Phi) is 4.83. The van der Waals surface area contributed by atoms with Crippen LogP contribution in [0, 0.1) is 0 Å². The number of aromatic nitrogens is 1. The van der Waals surface area contributed by atoms with Gasteiger partial charge in [0.05, 0.1) is 0 Å². The maximum Gasteiger partial charge on any atom is 0 e. The van der Waals surface area contributed by atoms with Gasteiger partial charge in [-0.05, 0) is 5.39 Å². The zero-order valence-corrected chi connectivity index (χ0v) is 10.1. The SMILES string of the molecule is [V].[W].c1ccc2[n-]ccc2c1. The van der Waals surface area contributed by atoms with E-state index in [0.29, 0.717) is 0 Å². The Morgan fingerprint density at radius 3 is 2.45 bits per heavy atom. The molecule has 0 aliphatic rings. The summed E-state index contributed by atoms with van der Waals surface area (Å²) in [6.07, 6.45) is 1.82. The van der Waals surface area contributed by atoms with Crippen LogP contribution in [0.2, 0.25) is 0 Å². The molecule has 0 N–H and O–H groups in total. The monoisotopic (exact) mass is 351 g/mol. The van der Waals surface area contributed by atoms with Gasteiger partial charge in [0.1, 0.15) is 0 Å². The number of hydrogen-bond acceptors (Lipinski definition) is 0. The van der Waals surface area contributed by atoms with Crippen molar-refractivity contribution < 1.29 is 39.6 Å². The normalized spacial score (nSPS) is 8.36. The quantitative estimate of drug-likeness (QED) is 0.706. The molecule has 0 aliphatic carbocycles. The van der Waals surface area contributed by atoms with Gasteiger partial charge in [0.15, 0.2) is 0 Å². The molecule has 0 amide bonds. The van der Waals surface area contributed by atoms with Crippen LogP contribution in [-0.4, -0.2) is 0 Å². The third kappa shape index (κ3) is 2.23. The summed E-state index contributed by atoms with van der Waals surface area (Å²) in [7, 11) is 0. The first-order valence-electron chi connectivity index (χ1n) is 2.93. The number of fused-ring (bicyclic) bond motifs is 1. The van der Waals surface area contributed by atoms with Crippen LogP contribution in [0.3, 0.4) is 0 Å². The fourth-order valence-electron chi connectivity index (χ4n) is 0.944. The van der Waals surface area contributed by atoms with Crippen molar-refractivity contribution in [3.05, 3.63) is 36.5 Å². The summed E-state index contributed by atoms with van der Waals surface area (Å²) in [6, 6.07) is 10.1. The van der Waals surface area contributed by atoms with E-state index in [2.05, 4.69) is 11.1 Å². The average Bonchev–Trinajstić information content (AvgIpc) is 2.33. The minimum Gasteiger partial charge on any atom is -0.664 e. The van der Waals surface area contributed by atoms with Gasteiger partial charge in [0, 0.05) is 39.6 Å². The molecule has 0 spiro atoms. The topological polar surface area (TPSA) is 14.1 Å². The smallest absolute Gasteiger partial charge is 0 e. The molecule has 1 radical (unpaired) electrons. The van der Waals surface area contributed by atoms with Gasteiger partial charge in [0.2, 0.25) is 0 Å². The first kappa shape index (κ1) is 11.0. The first-order valence-corrected chi connectivity index (χ1v) is 2.93. The van der Waals surface area contributed by atoms with E-state index in [9.17, 15) is 0 Å². The number of rotatable bonds is 0. The molecule has 55 valence electrons. The van der Waals surface area contributed by atoms with Gasteiger partial charge in [-0.3, -0.25) is 0 Å². The molecule has 1 heterocycles. The summed E-state index contributed by atoms with van der Waals surface area (Å²) in [5, 5.41) is 1.22. The summed E-state index contributed by atoms with van der Waals surface area (Å²) >= 11 is 0. The van der Waals surface area contributed by atoms with E-state index >= 15 is 0 Å². The second-order valence-electron chi connectivity index (χ2n) is 2.00. The Labute approximate surface area is 91.7 Å². The van der Waals surface area contributed by atoms with Gasteiger partial charge in [-0.15, -0.1) is 5.52 Å². The van der Waals surface area contributed by atoms with Crippen molar-refractivity contribution in [2.24, 2.45) is 0 Å². The van der Waals surface area contributed by atoms with Gasteiger partial charge < -0.3 is 4.98 Å². The van der Waals surface area contributed by atoms with Crippen molar-refractivity contribution in [3.8, 4) is 0 Å². The molecule has 0 saturated heterocycles. The Bertz CT molecular complexity index is 288. The molecule has 3 heteroatoms. The van der Waals surface area contributed by atoms with E-state index in [-0.39, 0.29) is 39.6 Å². The molecule has 1 nitrogen and oxygen atoms in total. The maximum atomic E-state index is 4.12. The molecular weight excluding hydrogens is 345 g/mol. The Morgan fingerprint density at radius 2 is 1.73 bits per heavy atom. The van der Waals surface area contributed by atoms with Crippen LogP contribution in [0.4, 0.5) is 0 Å². The van der Waals surface area contributed by atoms with Gasteiger partial charge in [-0.25, -0.2) is 0 Å². The van der Waals surface area contributed by atoms with Gasteiger partial charge in [-0.1, -0.05) is 30.3 Å². The second kappa shape index (κ2) is 4.82. The van der Waals surface area contributed by atoms with Crippen LogP contribution >= 0.6 is 0 Å². The van der Waals surface area contributed by atoms with E-state index < -0.39 is 0 Å². The zero-order chi connectivity index (χ0) is 6.10. The molecule has 2 aromatic rings. The van der Waals surface area contributed by atoms with Gasteiger partial charge in [0.25, 0.3) is 0 Å². The minimum atomic E-state index is 0. The number of para-hydroxylation sites is 1. The molecule has 11 heavy (non-hydrogen) atoms. The van der Waals surface area contributed by atoms with Crippen molar-refractivity contribution in [2.75, 3.05) is 0 Å². The standard InChI is InChI=1S/C8H6N.V.W/c1-2-4-8-7(3-1)5-6-9-8;;/h1-6H;;/q-1;;.